The van der Waals surface area contributed by atoms with Crippen LogP contribution in [0, 0.1) is 11.3 Å². The van der Waals surface area contributed by atoms with Gasteiger partial charge in [0, 0.05) is 20.1 Å². The van der Waals surface area contributed by atoms with Crippen molar-refractivity contribution in [3.05, 3.63) is 61.5 Å². The zero-order chi connectivity index (χ0) is 19.3. The molecule has 0 aromatic heterocycles. The number of hydrogen-bond donors (Lipinski definition) is 1. The number of rotatable bonds is 6. The summed E-state index contributed by atoms with van der Waals surface area (Å²) >= 11 is 15.4. The summed E-state index contributed by atoms with van der Waals surface area (Å²) in [4.78, 5) is 11.2. The number of amides is 1. The van der Waals surface area contributed by atoms with Gasteiger partial charge in [-0.3, -0.25) is 4.79 Å². The molecule has 0 saturated heterocycles. The summed E-state index contributed by atoms with van der Waals surface area (Å²) in [6.07, 6.45) is 1.37. The SMILES string of the molecule is COc1cc(C=C(C#N)C(N)=O)c(Br)cc1OCc1ccc(Cl)cc1Cl. The van der Waals surface area contributed by atoms with Gasteiger partial charge < -0.3 is 15.2 Å². The molecule has 0 aliphatic rings. The van der Waals surface area contributed by atoms with Gasteiger partial charge >= 0.3 is 0 Å². The highest BCUT2D eigenvalue weighted by Crippen LogP contribution is 2.35. The molecule has 0 aliphatic heterocycles. The lowest BCUT2D eigenvalue weighted by Crippen LogP contribution is -2.12. The van der Waals surface area contributed by atoms with Crippen molar-refractivity contribution in [3.63, 3.8) is 0 Å². The summed E-state index contributed by atoms with van der Waals surface area (Å²) in [7, 11) is 1.48. The van der Waals surface area contributed by atoms with Crippen LogP contribution in [0.5, 0.6) is 11.5 Å². The van der Waals surface area contributed by atoms with Gasteiger partial charge in [-0.25, -0.2) is 0 Å². The highest BCUT2D eigenvalue weighted by Gasteiger charge is 2.12. The van der Waals surface area contributed by atoms with Gasteiger partial charge in [-0.1, -0.05) is 45.2 Å². The van der Waals surface area contributed by atoms with Crippen LogP contribution in [0.3, 0.4) is 0 Å². The van der Waals surface area contributed by atoms with E-state index < -0.39 is 5.91 Å². The number of halogens is 3. The minimum absolute atomic E-state index is 0.172. The van der Waals surface area contributed by atoms with Gasteiger partial charge in [0.05, 0.1) is 7.11 Å². The van der Waals surface area contributed by atoms with Crippen LogP contribution in [0.15, 0.2) is 40.4 Å². The Bertz CT molecular complexity index is 923. The number of carbonyl (C=O) groups is 1. The Labute approximate surface area is 169 Å². The van der Waals surface area contributed by atoms with Crippen molar-refractivity contribution in [2.75, 3.05) is 7.11 Å². The van der Waals surface area contributed by atoms with Crippen molar-refractivity contribution >= 4 is 51.1 Å². The van der Waals surface area contributed by atoms with E-state index in [9.17, 15) is 4.79 Å². The second-order valence-electron chi connectivity index (χ2n) is 5.08. The lowest BCUT2D eigenvalue weighted by molar-refractivity contribution is -0.114. The minimum Gasteiger partial charge on any atom is -0.493 e. The summed E-state index contributed by atoms with van der Waals surface area (Å²) in [5, 5.41) is 10.0. The van der Waals surface area contributed by atoms with E-state index in [4.69, 9.17) is 43.7 Å². The molecular weight excluding hydrogens is 443 g/mol. The van der Waals surface area contributed by atoms with Crippen molar-refractivity contribution in [1.82, 2.24) is 0 Å². The Hall–Kier alpha value is -2.20. The summed E-state index contributed by atoms with van der Waals surface area (Å²) < 4.78 is 11.7. The molecule has 0 bridgehead atoms. The van der Waals surface area contributed by atoms with Gasteiger partial charge in [0.1, 0.15) is 18.2 Å². The van der Waals surface area contributed by atoms with Gasteiger partial charge in [-0.05, 0) is 35.9 Å². The van der Waals surface area contributed by atoms with Crippen LogP contribution in [0.1, 0.15) is 11.1 Å². The Morgan fingerprint density at radius 1 is 1.31 bits per heavy atom. The molecule has 134 valence electrons. The molecule has 0 radical (unpaired) electrons. The molecule has 0 aliphatic carbocycles. The molecule has 0 spiro atoms. The molecule has 2 aromatic rings. The highest BCUT2D eigenvalue weighted by atomic mass is 79.9. The average Bonchev–Trinajstić information content (AvgIpc) is 2.59. The van der Waals surface area contributed by atoms with Crippen LogP contribution in [0.25, 0.3) is 6.08 Å². The molecular formula is C18H13BrCl2N2O3. The van der Waals surface area contributed by atoms with Gasteiger partial charge in [0.2, 0.25) is 0 Å². The van der Waals surface area contributed by atoms with E-state index in [1.165, 1.54) is 13.2 Å². The van der Waals surface area contributed by atoms with Crippen LogP contribution in [-0.2, 0) is 11.4 Å². The Morgan fingerprint density at radius 3 is 2.62 bits per heavy atom. The molecule has 0 atom stereocenters. The molecule has 2 aromatic carbocycles. The molecule has 0 heterocycles. The van der Waals surface area contributed by atoms with Gasteiger partial charge in [-0.2, -0.15) is 5.26 Å². The largest absolute Gasteiger partial charge is 0.493 e. The lowest BCUT2D eigenvalue weighted by Gasteiger charge is -2.13. The molecule has 2 rings (SSSR count). The quantitative estimate of drug-likeness (QED) is 0.503. The first-order valence-corrected chi connectivity index (χ1v) is 8.76. The first kappa shape index (κ1) is 20.1. The van der Waals surface area contributed by atoms with Crippen LogP contribution < -0.4 is 15.2 Å². The van der Waals surface area contributed by atoms with Crippen molar-refractivity contribution in [1.29, 1.82) is 5.26 Å². The third-order valence-electron chi connectivity index (χ3n) is 3.37. The molecule has 0 saturated carbocycles. The standard InChI is InChI=1S/C18H13BrCl2N2O3/c1-25-16-5-11(4-12(8-22)18(23)24)14(19)7-17(16)26-9-10-2-3-13(20)6-15(10)21/h2-7H,9H2,1H3,(H2,23,24). The summed E-state index contributed by atoms with van der Waals surface area (Å²) in [5.41, 5.74) is 6.30. The van der Waals surface area contributed by atoms with Gasteiger partial charge in [-0.15, -0.1) is 0 Å². The maximum atomic E-state index is 11.2. The van der Waals surface area contributed by atoms with Crippen LogP contribution in [0.4, 0.5) is 0 Å². The number of primary amides is 1. The maximum absolute atomic E-state index is 11.2. The zero-order valence-electron chi connectivity index (χ0n) is 13.6. The number of nitriles is 1. The lowest BCUT2D eigenvalue weighted by atomic mass is 10.1. The third-order valence-corrected chi connectivity index (χ3v) is 4.64. The summed E-state index contributed by atoms with van der Waals surface area (Å²) in [5.74, 6) is 0.0718. The predicted molar refractivity (Wildman–Crippen MR) is 104 cm³/mol. The van der Waals surface area contributed by atoms with Crippen molar-refractivity contribution in [2.45, 2.75) is 6.61 Å². The molecule has 5 nitrogen and oxygen atoms in total. The zero-order valence-corrected chi connectivity index (χ0v) is 16.7. The van der Waals surface area contributed by atoms with Gasteiger partial charge in [0.15, 0.2) is 11.5 Å². The van der Waals surface area contributed by atoms with E-state index in [-0.39, 0.29) is 12.2 Å². The van der Waals surface area contributed by atoms with Gasteiger partial charge in [0.25, 0.3) is 5.91 Å². The smallest absolute Gasteiger partial charge is 0.259 e. The molecule has 2 N–H and O–H groups in total. The molecule has 26 heavy (non-hydrogen) atoms. The van der Waals surface area contributed by atoms with E-state index in [0.29, 0.717) is 31.6 Å². The van der Waals surface area contributed by atoms with Crippen LogP contribution in [-0.4, -0.2) is 13.0 Å². The van der Waals surface area contributed by atoms with E-state index in [1.54, 1.807) is 36.4 Å². The fourth-order valence-electron chi connectivity index (χ4n) is 2.04. The number of hydrogen-bond acceptors (Lipinski definition) is 4. The second kappa shape index (κ2) is 8.95. The normalized spacial score (nSPS) is 11.0. The van der Waals surface area contributed by atoms with Crippen molar-refractivity contribution < 1.29 is 14.3 Å². The molecule has 0 fully saturated rings. The Morgan fingerprint density at radius 2 is 2.04 bits per heavy atom. The third kappa shape index (κ3) is 4.92. The molecule has 1 amide bonds. The number of carbonyl (C=O) groups excluding carboxylic acids is 1. The highest BCUT2D eigenvalue weighted by molar-refractivity contribution is 9.10. The predicted octanol–water partition coefficient (Wildman–Crippen LogP) is 4.74. The van der Waals surface area contributed by atoms with Crippen molar-refractivity contribution in [3.8, 4) is 17.6 Å². The van der Waals surface area contributed by atoms with Crippen LogP contribution in [0.2, 0.25) is 10.0 Å². The minimum atomic E-state index is -0.809. The maximum Gasteiger partial charge on any atom is 0.259 e. The number of nitrogens with zero attached hydrogens (tertiary/aromatic N) is 1. The number of ether oxygens (including phenoxy) is 2. The fourth-order valence-corrected chi connectivity index (χ4v) is 2.94. The first-order chi connectivity index (χ1) is 12.3. The van der Waals surface area contributed by atoms with E-state index >= 15 is 0 Å². The topological polar surface area (TPSA) is 85.3 Å². The molecule has 8 heteroatoms. The summed E-state index contributed by atoms with van der Waals surface area (Å²) in [6, 6.07) is 10.2. The monoisotopic (exact) mass is 454 g/mol. The fraction of sp³-hybridized carbons (Fsp3) is 0.111. The van der Waals surface area contributed by atoms with E-state index in [2.05, 4.69) is 15.9 Å². The number of nitrogens with two attached hydrogens (primary N) is 1. The number of methoxy groups -OCH3 is 1. The van der Waals surface area contributed by atoms with E-state index in [1.807, 2.05) is 0 Å². The average molecular weight is 456 g/mol. The Kier molecular flexibility index (Phi) is 6.92. The van der Waals surface area contributed by atoms with Crippen LogP contribution >= 0.6 is 39.1 Å². The second-order valence-corrected chi connectivity index (χ2v) is 6.78. The first-order valence-electron chi connectivity index (χ1n) is 7.21. The summed E-state index contributed by atoms with van der Waals surface area (Å²) in [6.45, 7) is 0.207. The molecule has 0 unspecified atom stereocenters. The Balaban J connectivity index is 2.31. The van der Waals surface area contributed by atoms with E-state index in [0.717, 1.165) is 5.56 Å². The number of benzene rings is 2. The van der Waals surface area contributed by atoms with Crippen molar-refractivity contribution in [2.24, 2.45) is 5.73 Å².